The molecule has 0 aliphatic heterocycles. The molecule has 2 fully saturated rings. The molecule has 5 heteroatoms. The first-order valence-electron chi connectivity index (χ1n) is 8.89. The van der Waals surface area contributed by atoms with E-state index in [1.54, 1.807) is 0 Å². The molecule has 2 saturated carbocycles. The second kappa shape index (κ2) is 7.69. The van der Waals surface area contributed by atoms with E-state index in [-0.39, 0.29) is 24.3 Å². The molecule has 24 heavy (non-hydrogen) atoms. The van der Waals surface area contributed by atoms with Gasteiger partial charge in [-0.05, 0) is 55.7 Å². The molecule has 0 unspecified atom stereocenters. The Morgan fingerprint density at radius 3 is 2.50 bits per heavy atom. The van der Waals surface area contributed by atoms with E-state index >= 15 is 0 Å². The number of hydrogen-bond acceptors (Lipinski definition) is 3. The molecular formula is C19H26N2O3. The summed E-state index contributed by atoms with van der Waals surface area (Å²) in [5.74, 6) is 1.73. The molecule has 5 nitrogen and oxygen atoms in total. The average Bonchev–Trinajstić information content (AvgIpc) is 3.35. The molecule has 2 aliphatic rings. The molecule has 130 valence electrons. The zero-order valence-corrected chi connectivity index (χ0v) is 14.2. The number of rotatable bonds is 8. The Morgan fingerprint density at radius 2 is 1.88 bits per heavy atom. The Morgan fingerprint density at radius 1 is 1.17 bits per heavy atom. The Kier molecular flexibility index (Phi) is 5.38. The van der Waals surface area contributed by atoms with Gasteiger partial charge >= 0.3 is 0 Å². The predicted octanol–water partition coefficient (Wildman–Crippen LogP) is 2.05. The molecule has 2 aliphatic carbocycles. The van der Waals surface area contributed by atoms with Gasteiger partial charge in [-0.1, -0.05) is 19.1 Å². The summed E-state index contributed by atoms with van der Waals surface area (Å²) < 4.78 is 5.48. The van der Waals surface area contributed by atoms with Crippen LogP contribution in [-0.4, -0.2) is 31.0 Å². The van der Waals surface area contributed by atoms with Crippen LogP contribution in [0.2, 0.25) is 0 Å². The largest absolute Gasteiger partial charge is 0.484 e. The van der Waals surface area contributed by atoms with Crippen molar-refractivity contribution in [2.75, 3.05) is 13.2 Å². The van der Waals surface area contributed by atoms with Gasteiger partial charge in [0, 0.05) is 18.5 Å². The predicted molar refractivity (Wildman–Crippen MR) is 91.7 cm³/mol. The standard InChI is InChI=1S/C19H26N2O3/c1-13-10-15(11-13)19(23)20-9-8-14-2-6-17(7-3-14)24-12-18(22)21-16-4-5-16/h2-3,6-7,13,15-16H,4-5,8-12H2,1H3,(H,20,23)(H,21,22). The number of carbonyl (C=O) groups is 2. The zero-order chi connectivity index (χ0) is 16.9. The molecular weight excluding hydrogens is 304 g/mol. The summed E-state index contributed by atoms with van der Waals surface area (Å²) in [6.07, 6.45) is 5.00. The monoisotopic (exact) mass is 330 g/mol. The van der Waals surface area contributed by atoms with Gasteiger partial charge in [-0.3, -0.25) is 9.59 Å². The summed E-state index contributed by atoms with van der Waals surface area (Å²) in [6.45, 7) is 2.91. The van der Waals surface area contributed by atoms with E-state index in [4.69, 9.17) is 4.74 Å². The number of hydrogen-bond donors (Lipinski definition) is 2. The van der Waals surface area contributed by atoms with Crippen LogP contribution in [0.25, 0.3) is 0 Å². The molecule has 0 radical (unpaired) electrons. The van der Waals surface area contributed by atoms with E-state index in [1.807, 2.05) is 24.3 Å². The summed E-state index contributed by atoms with van der Waals surface area (Å²) in [7, 11) is 0. The minimum atomic E-state index is -0.0606. The van der Waals surface area contributed by atoms with Crippen LogP contribution in [0.5, 0.6) is 5.75 Å². The third-order valence-electron chi connectivity index (χ3n) is 4.69. The average molecular weight is 330 g/mol. The highest BCUT2D eigenvalue weighted by Gasteiger charge is 2.30. The maximum atomic E-state index is 11.9. The number of carbonyl (C=O) groups excluding carboxylic acids is 2. The quantitative estimate of drug-likeness (QED) is 0.766. The first kappa shape index (κ1) is 16.8. The normalized spacial score (nSPS) is 22.4. The summed E-state index contributed by atoms with van der Waals surface area (Å²) in [5, 5.41) is 5.90. The first-order valence-corrected chi connectivity index (χ1v) is 8.89. The molecule has 1 aromatic carbocycles. The van der Waals surface area contributed by atoms with Crippen molar-refractivity contribution in [3.05, 3.63) is 29.8 Å². The lowest BCUT2D eigenvalue weighted by Crippen LogP contribution is -2.38. The van der Waals surface area contributed by atoms with E-state index < -0.39 is 0 Å². The van der Waals surface area contributed by atoms with Crippen LogP contribution in [-0.2, 0) is 16.0 Å². The molecule has 2 N–H and O–H groups in total. The molecule has 3 rings (SSSR count). The van der Waals surface area contributed by atoms with Crippen LogP contribution in [0.1, 0.15) is 38.2 Å². The van der Waals surface area contributed by atoms with Gasteiger partial charge in [-0.15, -0.1) is 0 Å². The van der Waals surface area contributed by atoms with Gasteiger partial charge in [0.15, 0.2) is 6.61 Å². The van der Waals surface area contributed by atoms with Crippen LogP contribution in [0.3, 0.4) is 0 Å². The van der Waals surface area contributed by atoms with Crippen molar-refractivity contribution >= 4 is 11.8 Å². The van der Waals surface area contributed by atoms with Gasteiger partial charge in [0.2, 0.25) is 5.91 Å². The second-order valence-corrected chi connectivity index (χ2v) is 7.09. The Bertz CT molecular complexity index is 575. The molecule has 0 heterocycles. The van der Waals surface area contributed by atoms with Crippen LogP contribution in [0.15, 0.2) is 24.3 Å². The fourth-order valence-electron chi connectivity index (χ4n) is 2.99. The van der Waals surface area contributed by atoms with Gasteiger partial charge in [0.25, 0.3) is 5.91 Å². The van der Waals surface area contributed by atoms with Gasteiger partial charge in [-0.25, -0.2) is 0 Å². The molecule has 2 amide bonds. The summed E-state index contributed by atoms with van der Waals surface area (Å²) >= 11 is 0. The van der Waals surface area contributed by atoms with E-state index in [9.17, 15) is 9.59 Å². The second-order valence-electron chi connectivity index (χ2n) is 7.09. The van der Waals surface area contributed by atoms with E-state index in [2.05, 4.69) is 17.6 Å². The molecule has 0 saturated heterocycles. The van der Waals surface area contributed by atoms with Crippen molar-refractivity contribution in [1.82, 2.24) is 10.6 Å². The highest BCUT2D eigenvalue weighted by molar-refractivity contribution is 5.79. The third kappa shape index (κ3) is 4.98. The molecule has 0 bridgehead atoms. The summed E-state index contributed by atoms with van der Waals surface area (Å²) in [6, 6.07) is 8.06. The van der Waals surface area contributed by atoms with Crippen molar-refractivity contribution in [3.63, 3.8) is 0 Å². The van der Waals surface area contributed by atoms with Gasteiger partial charge in [-0.2, -0.15) is 0 Å². The van der Waals surface area contributed by atoms with Crippen molar-refractivity contribution in [2.24, 2.45) is 11.8 Å². The lowest BCUT2D eigenvalue weighted by molar-refractivity contribution is -0.128. The maximum absolute atomic E-state index is 11.9. The molecule has 0 spiro atoms. The minimum Gasteiger partial charge on any atom is -0.484 e. The highest BCUT2D eigenvalue weighted by Crippen LogP contribution is 2.32. The van der Waals surface area contributed by atoms with Crippen LogP contribution in [0, 0.1) is 11.8 Å². The minimum absolute atomic E-state index is 0.0606. The number of amides is 2. The highest BCUT2D eigenvalue weighted by atomic mass is 16.5. The maximum Gasteiger partial charge on any atom is 0.258 e. The van der Waals surface area contributed by atoms with Gasteiger partial charge in [0.05, 0.1) is 0 Å². The summed E-state index contributed by atoms with van der Waals surface area (Å²) in [4.78, 5) is 23.4. The van der Waals surface area contributed by atoms with Crippen LogP contribution >= 0.6 is 0 Å². The zero-order valence-electron chi connectivity index (χ0n) is 14.2. The smallest absolute Gasteiger partial charge is 0.258 e. The van der Waals surface area contributed by atoms with Gasteiger partial charge < -0.3 is 15.4 Å². The fraction of sp³-hybridized carbons (Fsp3) is 0.579. The first-order chi connectivity index (χ1) is 11.6. The molecule has 1 aromatic rings. The lowest BCUT2D eigenvalue weighted by Gasteiger charge is -2.31. The van der Waals surface area contributed by atoms with E-state index in [0.29, 0.717) is 24.3 Å². The molecule has 0 aromatic heterocycles. The van der Waals surface area contributed by atoms with Crippen molar-refractivity contribution < 1.29 is 14.3 Å². The molecule has 0 atom stereocenters. The lowest BCUT2D eigenvalue weighted by atomic mass is 9.76. The topological polar surface area (TPSA) is 67.4 Å². The van der Waals surface area contributed by atoms with E-state index in [0.717, 1.165) is 37.7 Å². The number of benzene rings is 1. The number of ether oxygens (including phenoxy) is 1. The van der Waals surface area contributed by atoms with Gasteiger partial charge in [0.1, 0.15) is 5.75 Å². The Balaban J connectivity index is 1.33. The Hall–Kier alpha value is -2.04. The van der Waals surface area contributed by atoms with E-state index in [1.165, 1.54) is 0 Å². The SMILES string of the molecule is CC1CC(C(=O)NCCc2ccc(OCC(=O)NC3CC3)cc2)C1. The van der Waals surface area contributed by atoms with Crippen LogP contribution < -0.4 is 15.4 Å². The number of nitrogens with one attached hydrogen (secondary N) is 2. The Labute approximate surface area is 143 Å². The fourth-order valence-corrected chi connectivity index (χ4v) is 2.99. The van der Waals surface area contributed by atoms with Crippen LogP contribution in [0.4, 0.5) is 0 Å². The summed E-state index contributed by atoms with van der Waals surface area (Å²) in [5.41, 5.74) is 1.15. The van der Waals surface area contributed by atoms with Crippen molar-refractivity contribution in [2.45, 2.75) is 45.1 Å². The van der Waals surface area contributed by atoms with Crippen molar-refractivity contribution in [3.8, 4) is 5.75 Å². The van der Waals surface area contributed by atoms with Crippen molar-refractivity contribution in [1.29, 1.82) is 0 Å². The third-order valence-corrected chi connectivity index (χ3v) is 4.69.